The minimum atomic E-state index is 0.674. The smallest absolute Gasteiger partial charge is 0.122 e. The molecule has 0 fully saturated rings. The second kappa shape index (κ2) is 6.06. The average Bonchev–Trinajstić information content (AvgIpc) is 2.39. The summed E-state index contributed by atoms with van der Waals surface area (Å²) in [7, 11) is 1.67. The van der Waals surface area contributed by atoms with Crippen molar-refractivity contribution in [2.24, 2.45) is 0 Å². The van der Waals surface area contributed by atoms with Crippen molar-refractivity contribution in [2.75, 3.05) is 12.4 Å². The maximum Gasteiger partial charge on any atom is 0.122 e. The van der Waals surface area contributed by atoms with E-state index in [-0.39, 0.29) is 0 Å². The molecule has 2 rings (SSSR count). The minimum absolute atomic E-state index is 0.674. The first-order valence-corrected chi connectivity index (χ1v) is 6.89. The van der Waals surface area contributed by atoms with E-state index in [4.69, 9.17) is 4.74 Å². The number of nitrogens with zero attached hydrogens (tertiary/aromatic N) is 1. The van der Waals surface area contributed by atoms with Crippen molar-refractivity contribution < 1.29 is 4.74 Å². The molecular weight excluding hydrogens is 304 g/mol. The molecule has 0 amide bonds. The standard InChI is InChI=1S/C15H17BrN2O/c1-10-4-5-12(8-15(10)16)17-9-13-7-14(19-3)6-11(2)18-13/h4-8,17H,9H2,1-3H3. The van der Waals surface area contributed by atoms with Crippen LogP contribution >= 0.6 is 15.9 Å². The zero-order chi connectivity index (χ0) is 13.8. The van der Waals surface area contributed by atoms with Crippen LogP contribution in [0.15, 0.2) is 34.8 Å². The lowest BCUT2D eigenvalue weighted by molar-refractivity contribution is 0.413. The van der Waals surface area contributed by atoms with Crippen LogP contribution in [0.4, 0.5) is 5.69 Å². The van der Waals surface area contributed by atoms with Crippen LogP contribution in [0.2, 0.25) is 0 Å². The van der Waals surface area contributed by atoms with E-state index in [2.05, 4.69) is 51.4 Å². The zero-order valence-corrected chi connectivity index (χ0v) is 12.9. The van der Waals surface area contributed by atoms with E-state index < -0.39 is 0 Å². The number of nitrogens with one attached hydrogen (secondary N) is 1. The third-order valence-electron chi connectivity index (χ3n) is 2.86. The molecule has 0 unspecified atom stereocenters. The Labute approximate surface area is 122 Å². The molecule has 19 heavy (non-hydrogen) atoms. The molecule has 0 saturated heterocycles. The predicted molar refractivity (Wildman–Crippen MR) is 81.7 cm³/mol. The molecule has 4 heteroatoms. The van der Waals surface area contributed by atoms with Gasteiger partial charge in [-0.1, -0.05) is 22.0 Å². The average molecular weight is 321 g/mol. The van der Waals surface area contributed by atoms with Crippen LogP contribution in [-0.2, 0) is 6.54 Å². The molecule has 0 bridgehead atoms. The Morgan fingerprint density at radius 2 is 2.00 bits per heavy atom. The van der Waals surface area contributed by atoms with Crippen molar-refractivity contribution in [1.29, 1.82) is 0 Å². The van der Waals surface area contributed by atoms with Crippen LogP contribution in [0.25, 0.3) is 0 Å². The molecule has 0 aliphatic carbocycles. The highest BCUT2D eigenvalue weighted by Gasteiger charge is 2.02. The molecule has 0 aliphatic rings. The molecule has 3 nitrogen and oxygen atoms in total. The van der Waals surface area contributed by atoms with Crippen LogP contribution in [-0.4, -0.2) is 12.1 Å². The van der Waals surface area contributed by atoms with E-state index in [1.807, 2.05) is 19.1 Å². The summed E-state index contributed by atoms with van der Waals surface area (Å²) < 4.78 is 6.35. The molecule has 1 heterocycles. The largest absolute Gasteiger partial charge is 0.497 e. The van der Waals surface area contributed by atoms with Gasteiger partial charge in [0.1, 0.15) is 5.75 Å². The Morgan fingerprint density at radius 3 is 2.68 bits per heavy atom. The van der Waals surface area contributed by atoms with Crippen LogP contribution in [0.1, 0.15) is 17.0 Å². The molecule has 0 aliphatic heterocycles. The fraction of sp³-hybridized carbons (Fsp3) is 0.267. The van der Waals surface area contributed by atoms with E-state index in [9.17, 15) is 0 Å². The van der Waals surface area contributed by atoms with Gasteiger partial charge in [0.2, 0.25) is 0 Å². The van der Waals surface area contributed by atoms with Gasteiger partial charge in [0.05, 0.1) is 19.3 Å². The second-order valence-electron chi connectivity index (χ2n) is 4.46. The van der Waals surface area contributed by atoms with Gasteiger partial charge in [-0.2, -0.15) is 0 Å². The Hall–Kier alpha value is -1.55. The van der Waals surface area contributed by atoms with E-state index in [0.29, 0.717) is 6.54 Å². The first-order chi connectivity index (χ1) is 9.08. The Bertz CT molecular complexity index is 584. The summed E-state index contributed by atoms with van der Waals surface area (Å²) in [4.78, 5) is 4.48. The number of rotatable bonds is 4. The Kier molecular flexibility index (Phi) is 4.43. The Balaban J connectivity index is 2.09. The molecule has 1 aromatic carbocycles. The second-order valence-corrected chi connectivity index (χ2v) is 5.31. The number of halogens is 1. The Morgan fingerprint density at radius 1 is 1.21 bits per heavy atom. The van der Waals surface area contributed by atoms with Gasteiger partial charge < -0.3 is 10.1 Å². The van der Waals surface area contributed by atoms with Crippen LogP contribution in [0.3, 0.4) is 0 Å². The highest BCUT2D eigenvalue weighted by molar-refractivity contribution is 9.10. The first-order valence-electron chi connectivity index (χ1n) is 6.10. The monoisotopic (exact) mass is 320 g/mol. The fourth-order valence-corrected chi connectivity index (χ4v) is 2.19. The van der Waals surface area contributed by atoms with Gasteiger partial charge in [-0.3, -0.25) is 4.98 Å². The van der Waals surface area contributed by atoms with Crippen molar-refractivity contribution in [3.63, 3.8) is 0 Å². The third kappa shape index (κ3) is 3.70. The number of methoxy groups -OCH3 is 1. The maximum atomic E-state index is 5.25. The van der Waals surface area contributed by atoms with Crippen molar-refractivity contribution >= 4 is 21.6 Å². The summed E-state index contributed by atoms with van der Waals surface area (Å²) in [6.07, 6.45) is 0. The van der Waals surface area contributed by atoms with E-state index in [1.54, 1.807) is 7.11 Å². The van der Waals surface area contributed by atoms with Crippen molar-refractivity contribution in [3.05, 3.63) is 51.8 Å². The topological polar surface area (TPSA) is 34.1 Å². The normalized spacial score (nSPS) is 10.3. The molecule has 1 aromatic heterocycles. The number of hydrogen-bond acceptors (Lipinski definition) is 3. The molecule has 0 spiro atoms. The SMILES string of the molecule is COc1cc(C)nc(CNc2ccc(C)c(Br)c2)c1. The lowest BCUT2D eigenvalue weighted by Gasteiger charge is -2.09. The summed E-state index contributed by atoms with van der Waals surface area (Å²) in [5.74, 6) is 0.842. The van der Waals surface area contributed by atoms with Crippen molar-refractivity contribution in [2.45, 2.75) is 20.4 Å². The molecule has 0 saturated carbocycles. The highest BCUT2D eigenvalue weighted by Crippen LogP contribution is 2.21. The van der Waals surface area contributed by atoms with Gasteiger partial charge in [-0.25, -0.2) is 0 Å². The van der Waals surface area contributed by atoms with E-state index in [0.717, 1.165) is 27.3 Å². The fourth-order valence-electron chi connectivity index (χ4n) is 1.81. The molecular formula is C15H17BrN2O. The van der Waals surface area contributed by atoms with Crippen molar-refractivity contribution in [1.82, 2.24) is 4.98 Å². The number of ether oxygens (including phenoxy) is 1. The van der Waals surface area contributed by atoms with Crippen LogP contribution in [0.5, 0.6) is 5.75 Å². The quantitative estimate of drug-likeness (QED) is 0.921. The number of aryl methyl sites for hydroxylation is 2. The zero-order valence-electron chi connectivity index (χ0n) is 11.3. The predicted octanol–water partition coefficient (Wildman–Crippen LogP) is 4.08. The van der Waals surface area contributed by atoms with Crippen molar-refractivity contribution in [3.8, 4) is 5.75 Å². The summed E-state index contributed by atoms with van der Waals surface area (Å²) in [5.41, 5.74) is 4.22. The van der Waals surface area contributed by atoms with Gasteiger partial charge in [0, 0.05) is 28.0 Å². The highest BCUT2D eigenvalue weighted by atomic mass is 79.9. The van der Waals surface area contributed by atoms with Crippen LogP contribution in [0, 0.1) is 13.8 Å². The molecule has 0 radical (unpaired) electrons. The lowest BCUT2D eigenvalue weighted by atomic mass is 10.2. The molecule has 2 aromatic rings. The summed E-state index contributed by atoms with van der Waals surface area (Å²) >= 11 is 3.53. The van der Waals surface area contributed by atoms with Gasteiger partial charge >= 0.3 is 0 Å². The van der Waals surface area contributed by atoms with Gasteiger partial charge in [-0.05, 0) is 31.5 Å². The van der Waals surface area contributed by atoms with E-state index >= 15 is 0 Å². The van der Waals surface area contributed by atoms with Crippen LogP contribution < -0.4 is 10.1 Å². The summed E-state index contributed by atoms with van der Waals surface area (Å²) in [6.45, 7) is 4.71. The lowest BCUT2D eigenvalue weighted by Crippen LogP contribution is -2.03. The number of aromatic nitrogens is 1. The third-order valence-corrected chi connectivity index (χ3v) is 3.72. The number of anilines is 1. The van der Waals surface area contributed by atoms with Gasteiger partial charge in [-0.15, -0.1) is 0 Å². The van der Waals surface area contributed by atoms with Gasteiger partial charge in [0.15, 0.2) is 0 Å². The van der Waals surface area contributed by atoms with Gasteiger partial charge in [0.25, 0.3) is 0 Å². The molecule has 0 atom stereocenters. The maximum absolute atomic E-state index is 5.25. The minimum Gasteiger partial charge on any atom is -0.497 e. The summed E-state index contributed by atoms with van der Waals surface area (Å²) in [6, 6.07) is 10.1. The molecule has 100 valence electrons. The number of benzene rings is 1. The van der Waals surface area contributed by atoms with E-state index in [1.165, 1.54) is 5.56 Å². The first kappa shape index (κ1) is 13.9. The summed E-state index contributed by atoms with van der Waals surface area (Å²) in [5, 5.41) is 3.36. The number of pyridine rings is 1. The number of hydrogen-bond donors (Lipinski definition) is 1. The molecule has 1 N–H and O–H groups in total.